The number of rotatable bonds is 4. The molecule has 0 radical (unpaired) electrons. The van der Waals surface area contributed by atoms with Gasteiger partial charge in [-0.2, -0.15) is 5.26 Å². The van der Waals surface area contributed by atoms with Crippen LogP contribution in [0.5, 0.6) is 0 Å². The Labute approximate surface area is 118 Å². The van der Waals surface area contributed by atoms with Crippen molar-refractivity contribution in [2.24, 2.45) is 0 Å². The van der Waals surface area contributed by atoms with Crippen molar-refractivity contribution in [1.29, 1.82) is 5.26 Å². The average Bonchev–Trinajstić information content (AvgIpc) is 2.97. The average molecular weight is 287 g/mol. The fraction of sp³-hybridized carbons (Fsp3) is 0.0769. The van der Waals surface area contributed by atoms with Gasteiger partial charge in [0.2, 0.25) is 0 Å². The number of hydrogen-bond donors (Lipinski definition) is 1. The topological polar surface area (TPSA) is 92.1 Å². The van der Waals surface area contributed by atoms with Crippen LogP contribution in [0.25, 0.3) is 0 Å². The number of nitrogens with zero attached hydrogens (tertiary/aromatic N) is 2. The zero-order chi connectivity index (χ0) is 14.4. The lowest BCUT2D eigenvalue weighted by atomic mass is 10.1. The van der Waals surface area contributed by atoms with E-state index in [1.165, 1.54) is 35.6 Å². The monoisotopic (exact) mass is 287 g/mol. The first-order valence-electron chi connectivity index (χ1n) is 5.55. The van der Waals surface area contributed by atoms with Crippen LogP contribution >= 0.6 is 11.3 Å². The van der Waals surface area contributed by atoms with Crippen LogP contribution in [-0.2, 0) is 9.53 Å². The minimum absolute atomic E-state index is 0.283. The number of aromatic nitrogens is 1. The molecule has 0 aliphatic carbocycles. The molecule has 0 aliphatic heterocycles. The molecular weight excluding hydrogens is 278 g/mol. The van der Waals surface area contributed by atoms with Crippen molar-refractivity contribution in [2.45, 2.75) is 0 Å². The number of thiazole rings is 1. The number of carbonyl (C=O) groups is 2. The summed E-state index contributed by atoms with van der Waals surface area (Å²) >= 11 is 1.27. The fourth-order valence-corrected chi connectivity index (χ4v) is 1.88. The Kier molecular flexibility index (Phi) is 4.42. The predicted octanol–water partition coefficient (Wildman–Crippen LogP) is 1.81. The highest BCUT2D eigenvalue weighted by atomic mass is 32.1. The van der Waals surface area contributed by atoms with E-state index < -0.39 is 18.5 Å². The lowest BCUT2D eigenvalue weighted by Gasteiger charge is -2.04. The molecule has 1 aromatic carbocycles. The smallest absolute Gasteiger partial charge is 0.338 e. The first-order valence-corrected chi connectivity index (χ1v) is 6.43. The zero-order valence-electron chi connectivity index (χ0n) is 10.2. The Morgan fingerprint density at radius 1 is 1.35 bits per heavy atom. The van der Waals surface area contributed by atoms with Gasteiger partial charge in [0.1, 0.15) is 0 Å². The van der Waals surface area contributed by atoms with Gasteiger partial charge in [0.15, 0.2) is 11.7 Å². The molecule has 0 bridgehead atoms. The SMILES string of the molecule is N#Cc1ccc(C(=O)OCC(=O)Nc2nccs2)cc1. The van der Waals surface area contributed by atoms with Gasteiger partial charge in [-0.3, -0.25) is 10.1 Å². The van der Waals surface area contributed by atoms with Gasteiger partial charge in [0, 0.05) is 11.6 Å². The molecule has 0 fully saturated rings. The summed E-state index contributed by atoms with van der Waals surface area (Å²) in [6.45, 7) is -0.390. The molecule has 0 unspecified atom stereocenters. The minimum atomic E-state index is -0.622. The van der Waals surface area contributed by atoms with Crippen molar-refractivity contribution in [3.63, 3.8) is 0 Å². The van der Waals surface area contributed by atoms with E-state index in [2.05, 4.69) is 10.3 Å². The molecule has 1 heterocycles. The first-order chi connectivity index (χ1) is 9.69. The van der Waals surface area contributed by atoms with Crippen LogP contribution in [0.15, 0.2) is 35.8 Å². The van der Waals surface area contributed by atoms with Gasteiger partial charge in [0.05, 0.1) is 17.2 Å². The van der Waals surface area contributed by atoms with Gasteiger partial charge >= 0.3 is 5.97 Å². The van der Waals surface area contributed by atoms with Gasteiger partial charge < -0.3 is 4.74 Å². The van der Waals surface area contributed by atoms with Crippen LogP contribution in [0.3, 0.4) is 0 Å². The molecule has 2 rings (SSSR count). The van der Waals surface area contributed by atoms with E-state index in [9.17, 15) is 9.59 Å². The molecule has 20 heavy (non-hydrogen) atoms. The summed E-state index contributed by atoms with van der Waals surface area (Å²) in [4.78, 5) is 27.0. The van der Waals surface area contributed by atoms with Crippen LogP contribution < -0.4 is 5.32 Å². The molecule has 0 aliphatic rings. The molecule has 0 saturated carbocycles. The molecule has 1 N–H and O–H groups in total. The highest BCUT2D eigenvalue weighted by Crippen LogP contribution is 2.10. The molecule has 0 saturated heterocycles. The van der Waals surface area contributed by atoms with Crippen molar-refractivity contribution < 1.29 is 14.3 Å². The number of hydrogen-bond acceptors (Lipinski definition) is 6. The molecule has 2 aromatic rings. The minimum Gasteiger partial charge on any atom is -0.452 e. The number of nitriles is 1. The van der Waals surface area contributed by atoms with E-state index in [0.29, 0.717) is 10.7 Å². The van der Waals surface area contributed by atoms with Crippen LogP contribution in [0.1, 0.15) is 15.9 Å². The van der Waals surface area contributed by atoms with E-state index in [0.717, 1.165) is 0 Å². The summed E-state index contributed by atoms with van der Waals surface area (Å²) in [6.07, 6.45) is 1.56. The van der Waals surface area contributed by atoms with E-state index in [1.807, 2.05) is 6.07 Å². The first kappa shape index (κ1) is 13.7. The second kappa shape index (κ2) is 6.45. The quantitative estimate of drug-likeness (QED) is 0.866. The Morgan fingerprint density at radius 2 is 2.10 bits per heavy atom. The molecule has 1 amide bonds. The third-order valence-corrected chi connectivity index (χ3v) is 2.95. The molecule has 6 nitrogen and oxygen atoms in total. The number of anilines is 1. The summed E-state index contributed by atoms with van der Waals surface area (Å²) in [7, 11) is 0. The number of amides is 1. The maximum absolute atomic E-state index is 11.7. The van der Waals surface area contributed by atoms with Crippen molar-refractivity contribution in [1.82, 2.24) is 4.98 Å². The number of carbonyl (C=O) groups excluding carboxylic acids is 2. The number of esters is 1. The van der Waals surface area contributed by atoms with E-state index in [1.54, 1.807) is 11.6 Å². The van der Waals surface area contributed by atoms with Crippen LogP contribution in [0, 0.1) is 11.3 Å². The van der Waals surface area contributed by atoms with E-state index >= 15 is 0 Å². The van der Waals surface area contributed by atoms with E-state index in [-0.39, 0.29) is 5.56 Å². The van der Waals surface area contributed by atoms with Gasteiger partial charge in [-0.1, -0.05) is 0 Å². The molecule has 7 heteroatoms. The van der Waals surface area contributed by atoms with Gasteiger partial charge in [-0.15, -0.1) is 11.3 Å². The Bertz CT molecular complexity index is 645. The number of ether oxygens (including phenoxy) is 1. The summed E-state index contributed by atoms with van der Waals surface area (Å²) in [6, 6.07) is 7.90. The van der Waals surface area contributed by atoms with Crippen molar-refractivity contribution >= 4 is 28.3 Å². The highest BCUT2D eigenvalue weighted by Gasteiger charge is 2.10. The number of nitrogens with one attached hydrogen (secondary N) is 1. The highest BCUT2D eigenvalue weighted by molar-refractivity contribution is 7.13. The molecule has 0 spiro atoms. The fourth-order valence-electron chi connectivity index (χ4n) is 1.34. The van der Waals surface area contributed by atoms with E-state index in [4.69, 9.17) is 10.00 Å². The van der Waals surface area contributed by atoms with Crippen LogP contribution in [-0.4, -0.2) is 23.5 Å². The van der Waals surface area contributed by atoms with Crippen molar-refractivity contribution in [2.75, 3.05) is 11.9 Å². The van der Waals surface area contributed by atoms with Crippen LogP contribution in [0.2, 0.25) is 0 Å². The Balaban J connectivity index is 1.85. The maximum Gasteiger partial charge on any atom is 0.338 e. The summed E-state index contributed by atoms with van der Waals surface area (Å²) in [5.41, 5.74) is 0.731. The third-order valence-electron chi connectivity index (χ3n) is 2.26. The third kappa shape index (κ3) is 3.63. The Morgan fingerprint density at radius 3 is 2.70 bits per heavy atom. The van der Waals surface area contributed by atoms with Crippen molar-refractivity contribution in [3.05, 3.63) is 47.0 Å². The Hall–Kier alpha value is -2.72. The van der Waals surface area contributed by atoms with Gasteiger partial charge in [-0.25, -0.2) is 9.78 Å². The molecule has 1 aromatic heterocycles. The lowest BCUT2D eigenvalue weighted by molar-refractivity contribution is -0.119. The molecule has 100 valence electrons. The second-order valence-electron chi connectivity index (χ2n) is 3.65. The van der Waals surface area contributed by atoms with Crippen LogP contribution in [0.4, 0.5) is 5.13 Å². The zero-order valence-corrected chi connectivity index (χ0v) is 11.0. The van der Waals surface area contributed by atoms with Gasteiger partial charge in [0.25, 0.3) is 5.91 Å². The summed E-state index contributed by atoms with van der Waals surface area (Å²) in [5.74, 6) is -1.08. The number of benzene rings is 1. The standard InChI is InChI=1S/C13H9N3O3S/c14-7-9-1-3-10(4-2-9)12(18)19-8-11(17)16-13-15-5-6-20-13/h1-6H,8H2,(H,15,16,17). The largest absolute Gasteiger partial charge is 0.452 e. The van der Waals surface area contributed by atoms with Gasteiger partial charge in [-0.05, 0) is 24.3 Å². The van der Waals surface area contributed by atoms with Crippen molar-refractivity contribution in [3.8, 4) is 6.07 Å². The summed E-state index contributed by atoms with van der Waals surface area (Å²) < 4.78 is 4.86. The lowest BCUT2D eigenvalue weighted by Crippen LogP contribution is -2.20. The molecule has 0 atom stereocenters. The molecular formula is C13H9N3O3S. The maximum atomic E-state index is 11.7. The summed E-state index contributed by atoms with van der Waals surface area (Å²) in [5, 5.41) is 13.3. The normalized spacial score (nSPS) is 9.55. The predicted molar refractivity (Wildman–Crippen MR) is 72.2 cm³/mol. The second-order valence-corrected chi connectivity index (χ2v) is 4.55.